The fourth-order valence-electron chi connectivity index (χ4n) is 2.75. The van der Waals surface area contributed by atoms with Crippen LogP contribution in [0.5, 0.6) is 0 Å². The van der Waals surface area contributed by atoms with E-state index in [0.717, 1.165) is 6.54 Å². The lowest BCUT2D eigenvalue weighted by Gasteiger charge is -2.24. The summed E-state index contributed by atoms with van der Waals surface area (Å²) in [5, 5.41) is 3.46. The van der Waals surface area contributed by atoms with Crippen LogP contribution in [-0.2, 0) is 6.42 Å². The molecular formula is C17H25N. The Balaban J connectivity index is 2.60. The molecule has 1 aliphatic heterocycles. The van der Waals surface area contributed by atoms with Gasteiger partial charge in [0.15, 0.2) is 0 Å². The topological polar surface area (TPSA) is 12.0 Å². The lowest BCUT2D eigenvalue weighted by atomic mass is 9.83. The number of allylic oxidation sites excluding steroid dienone is 1. The Bertz CT molecular complexity index is 441. The van der Waals surface area contributed by atoms with Crippen molar-refractivity contribution in [3.63, 3.8) is 0 Å². The number of fused-ring (bicyclic) bond motifs is 1. The highest BCUT2D eigenvalue weighted by Crippen LogP contribution is 2.34. The number of benzene rings is 1. The van der Waals surface area contributed by atoms with Crippen LogP contribution in [0, 0.1) is 5.92 Å². The third-order valence-corrected chi connectivity index (χ3v) is 3.74. The van der Waals surface area contributed by atoms with E-state index in [-0.39, 0.29) is 0 Å². The molecule has 0 radical (unpaired) electrons. The molecule has 98 valence electrons. The summed E-state index contributed by atoms with van der Waals surface area (Å²) in [5.74, 6) is 1.15. The average molecular weight is 243 g/mol. The molecular weight excluding hydrogens is 218 g/mol. The van der Waals surface area contributed by atoms with E-state index in [1.54, 1.807) is 0 Å². The van der Waals surface area contributed by atoms with Gasteiger partial charge in [0.05, 0.1) is 0 Å². The van der Waals surface area contributed by atoms with E-state index in [4.69, 9.17) is 0 Å². The van der Waals surface area contributed by atoms with Gasteiger partial charge in [-0.1, -0.05) is 45.9 Å². The van der Waals surface area contributed by atoms with Gasteiger partial charge in [-0.25, -0.2) is 0 Å². The van der Waals surface area contributed by atoms with E-state index in [9.17, 15) is 0 Å². The Hall–Kier alpha value is -1.24. The van der Waals surface area contributed by atoms with Gasteiger partial charge < -0.3 is 5.32 Å². The van der Waals surface area contributed by atoms with E-state index in [0.29, 0.717) is 11.8 Å². The summed E-state index contributed by atoms with van der Waals surface area (Å²) in [6.45, 7) is 10.2. The van der Waals surface area contributed by atoms with Crippen molar-refractivity contribution in [3.05, 3.63) is 41.1 Å². The molecule has 2 rings (SSSR count). The highest BCUT2D eigenvalue weighted by Gasteiger charge is 2.18. The SMILES string of the molecule is CC(C)/C1=C/NCCCc2cccc(C(C)C)c21. The first-order chi connectivity index (χ1) is 8.61. The largest absolute Gasteiger partial charge is 0.391 e. The Morgan fingerprint density at radius 1 is 1.06 bits per heavy atom. The molecule has 1 aliphatic rings. The van der Waals surface area contributed by atoms with Gasteiger partial charge >= 0.3 is 0 Å². The summed E-state index contributed by atoms with van der Waals surface area (Å²) in [6, 6.07) is 6.82. The minimum absolute atomic E-state index is 0.564. The second kappa shape index (κ2) is 5.60. The summed E-state index contributed by atoms with van der Waals surface area (Å²) in [6.07, 6.45) is 4.65. The molecule has 1 aromatic rings. The first kappa shape index (κ1) is 13.2. The van der Waals surface area contributed by atoms with Crippen LogP contribution in [-0.4, -0.2) is 6.54 Å². The van der Waals surface area contributed by atoms with Gasteiger partial charge in [0.1, 0.15) is 0 Å². The third kappa shape index (κ3) is 2.60. The first-order valence-corrected chi connectivity index (χ1v) is 7.17. The van der Waals surface area contributed by atoms with Crippen molar-refractivity contribution in [2.75, 3.05) is 6.54 Å². The molecule has 18 heavy (non-hydrogen) atoms. The summed E-state index contributed by atoms with van der Waals surface area (Å²) in [5.41, 5.74) is 6.00. The lowest BCUT2D eigenvalue weighted by Crippen LogP contribution is -2.16. The van der Waals surface area contributed by atoms with Crippen LogP contribution in [0.2, 0.25) is 0 Å². The molecule has 1 aromatic carbocycles. The zero-order valence-electron chi connectivity index (χ0n) is 12.1. The maximum absolute atomic E-state index is 3.46. The second-order valence-corrected chi connectivity index (χ2v) is 5.85. The Morgan fingerprint density at radius 3 is 2.50 bits per heavy atom. The van der Waals surface area contributed by atoms with Crippen LogP contribution in [0.15, 0.2) is 24.4 Å². The zero-order chi connectivity index (χ0) is 13.1. The van der Waals surface area contributed by atoms with Crippen LogP contribution < -0.4 is 5.32 Å². The molecule has 0 fully saturated rings. The fraction of sp³-hybridized carbons (Fsp3) is 0.529. The van der Waals surface area contributed by atoms with Gasteiger partial charge in [0.25, 0.3) is 0 Å². The van der Waals surface area contributed by atoms with Gasteiger partial charge in [0.2, 0.25) is 0 Å². The number of hydrogen-bond acceptors (Lipinski definition) is 1. The standard InChI is InChI=1S/C17H25N/c1-12(2)15-9-5-7-14-8-6-10-18-11-16(13(3)4)17(14)15/h5,7,9,11-13,18H,6,8,10H2,1-4H3/b16-11-. The molecule has 0 saturated heterocycles. The summed E-state index contributed by atoms with van der Waals surface area (Å²) in [7, 11) is 0. The van der Waals surface area contributed by atoms with Gasteiger partial charge in [-0.2, -0.15) is 0 Å². The van der Waals surface area contributed by atoms with Gasteiger partial charge in [-0.15, -0.1) is 0 Å². The smallest absolute Gasteiger partial charge is 0.0144 e. The van der Waals surface area contributed by atoms with Crippen LogP contribution in [0.3, 0.4) is 0 Å². The first-order valence-electron chi connectivity index (χ1n) is 7.17. The highest BCUT2D eigenvalue weighted by atomic mass is 14.8. The van der Waals surface area contributed by atoms with Crippen LogP contribution >= 0.6 is 0 Å². The van der Waals surface area contributed by atoms with Gasteiger partial charge in [0, 0.05) is 12.7 Å². The predicted molar refractivity (Wildman–Crippen MR) is 79.7 cm³/mol. The summed E-state index contributed by atoms with van der Waals surface area (Å²) >= 11 is 0. The van der Waals surface area contributed by atoms with E-state index >= 15 is 0 Å². The molecule has 0 spiro atoms. The summed E-state index contributed by atoms with van der Waals surface area (Å²) in [4.78, 5) is 0. The average Bonchev–Trinajstić information content (AvgIpc) is 2.28. The van der Waals surface area contributed by atoms with Crippen LogP contribution in [0.25, 0.3) is 5.57 Å². The normalized spacial score (nSPS) is 18.7. The van der Waals surface area contributed by atoms with Crippen LogP contribution in [0.4, 0.5) is 0 Å². The monoisotopic (exact) mass is 243 g/mol. The van der Waals surface area contributed by atoms with Crippen molar-refractivity contribution in [1.82, 2.24) is 5.32 Å². The molecule has 0 aliphatic carbocycles. The maximum Gasteiger partial charge on any atom is 0.0144 e. The van der Waals surface area contributed by atoms with Crippen LogP contribution in [0.1, 0.15) is 56.7 Å². The van der Waals surface area contributed by atoms with Crippen molar-refractivity contribution in [3.8, 4) is 0 Å². The predicted octanol–water partition coefficient (Wildman–Crippen LogP) is 4.34. The minimum Gasteiger partial charge on any atom is -0.391 e. The number of nitrogens with one attached hydrogen (secondary N) is 1. The van der Waals surface area contributed by atoms with Gasteiger partial charge in [-0.05, 0) is 46.9 Å². The molecule has 1 heterocycles. The van der Waals surface area contributed by atoms with Crippen molar-refractivity contribution in [1.29, 1.82) is 0 Å². The molecule has 0 saturated carbocycles. The molecule has 1 heteroatoms. The Morgan fingerprint density at radius 2 is 1.83 bits per heavy atom. The number of hydrogen-bond donors (Lipinski definition) is 1. The molecule has 0 aromatic heterocycles. The van der Waals surface area contributed by atoms with E-state index in [2.05, 4.69) is 57.4 Å². The van der Waals surface area contributed by atoms with Crippen molar-refractivity contribution in [2.24, 2.45) is 5.92 Å². The second-order valence-electron chi connectivity index (χ2n) is 5.85. The third-order valence-electron chi connectivity index (χ3n) is 3.74. The Labute approximate surface area is 111 Å². The molecule has 0 amide bonds. The van der Waals surface area contributed by atoms with Crippen molar-refractivity contribution >= 4 is 5.57 Å². The Kier molecular flexibility index (Phi) is 4.11. The molecule has 0 bridgehead atoms. The molecule has 1 nitrogen and oxygen atoms in total. The molecule has 0 unspecified atom stereocenters. The fourth-order valence-corrected chi connectivity index (χ4v) is 2.75. The maximum atomic E-state index is 3.46. The van der Waals surface area contributed by atoms with Crippen molar-refractivity contribution in [2.45, 2.75) is 46.5 Å². The summed E-state index contributed by atoms with van der Waals surface area (Å²) < 4.78 is 0. The molecule has 1 N–H and O–H groups in total. The zero-order valence-corrected chi connectivity index (χ0v) is 12.1. The van der Waals surface area contributed by atoms with E-state index in [1.165, 1.54) is 35.1 Å². The van der Waals surface area contributed by atoms with E-state index < -0.39 is 0 Å². The quantitative estimate of drug-likeness (QED) is 0.814. The lowest BCUT2D eigenvalue weighted by molar-refractivity contribution is 0.725. The van der Waals surface area contributed by atoms with Gasteiger partial charge in [-0.3, -0.25) is 0 Å². The number of rotatable bonds is 2. The number of aryl methyl sites for hydroxylation is 1. The highest BCUT2D eigenvalue weighted by molar-refractivity contribution is 5.72. The minimum atomic E-state index is 0.564. The molecule has 0 atom stereocenters. The van der Waals surface area contributed by atoms with Crippen molar-refractivity contribution < 1.29 is 0 Å². The van der Waals surface area contributed by atoms with E-state index in [1.807, 2.05) is 0 Å².